The predicted molar refractivity (Wildman–Crippen MR) is 111 cm³/mol. The van der Waals surface area contributed by atoms with Gasteiger partial charge < -0.3 is 14.8 Å². The van der Waals surface area contributed by atoms with Gasteiger partial charge in [-0.05, 0) is 37.1 Å². The van der Waals surface area contributed by atoms with Gasteiger partial charge in [0.05, 0.1) is 27.0 Å². The summed E-state index contributed by atoms with van der Waals surface area (Å²) in [6.45, 7) is 0.409. The van der Waals surface area contributed by atoms with E-state index in [4.69, 9.17) is 9.47 Å². The summed E-state index contributed by atoms with van der Waals surface area (Å²) in [5.41, 5.74) is -1.88. The number of esters is 1. The van der Waals surface area contributed by atoms with Crippen LogP contribution in [0, 0.1) is 10.1 Å². The molecular formula is C21H19F3N2O6S. The molecule has 1 N–H and O–H groups in total. The molecule has 0 bridgehead atoms. The number of nitrogens with zero attached hydrogens (tertiary/aromatic N) is 1. The molecule has 3 rings (SSSR count). The van der Waals surface area contributed by atoms with E-state index in [1.54, 1.807) is 6.07 Å². The van der Waals surface area contributed by atoms with Crippen molar-refractivity contribution in [2.75, 3.05) is 19.8 Å². The minimum absolute atomic E-state index is 0.0172. The zero-order chi connectivity index (χ0) is 24.0. The van der Waals surface area contributed by atoms with Gasteiger partial charge in [0, 0.05) is 24.1 Å². The second-order valence-corrected chi connectivity index (χ2v) is 8.13. The maximum absolute atomic E-state index is 12.9. The van der Waals surface area contributed by atoms with Crippen LogP contribution in [0.3, 0.4) is 0 Å². The lowest BCUT2D eigenvalue weighted by atomic mass is 10.2. The Morgan fingerprint density at radius 3 is 2.64 bits per heavy atom. The van der Waals surface area contributed by atoms with Crippen molar-refractivity contribution in [1.82, 2.24) is 5.32 Å². The van der Waals surface area contributed by atoms with Crippen molar-refractivity contribution in [1.29, 1.82) is 0 Å². The summed E-state index contributed by atoms with van der Waals surface area (Å²) in [7, 11) is 0. The lowest BCUT2D eigenvalue weighted by Gasteiger charge is -2.12. The van der Waals surface area contributed by atoms with Crippen molar-refractivity contribution >= 4 is 29.3 Å². The number of carbonyl (C=O) groups is 2. The number of carbonyl (C=O) groups excluding carboxylic acids is 2. The molecule has 33 heavy (non-hydrogen) atoms. The van der Waals surface area contributed by atoms with Crippen LogP contribution in [0.15, 0.2) is 52.3 Å². The van der Waals surface area contributed by atoms with Gasteiger partial charge in [0.1, 0.15) is 0 Å². The van der Waals surface area contributed by atoms with Gasteiger partial charge in [-0.3, -0.25) is 14.9 Å². The summed E-state index contributed by atoms with van der Waals surface area (Å²) >= 11 is 0.751. The number of ether oxygens (including phenoxy) is 2. The lowest BCUT2D eigenvalue weighted by molar-refractivity contribution is -0.388. The number of nitrogens with one attached hydrogen (secondary N) is 1. The molecule has 8 nitrogen and oxygen atoms in total. The van der Waals surface area contributed by atoms with Gasteiger partial charge in [0.2, 0.25) is 0 Å². The molecule has 1 aliphatic heterocycles. The SMILES string of the molecule is O=C(COC(=O)c1ccccc1Sc1ccc(C(F)(F)F)cc1[N+](=O)[O-])NCC1CCCO1. The number of amides is 1. The summed E-state index contributed by atoms with van der Waals surface area (Å²) in [5, 5.41) is 13.9. The molecule has 0 spiro atoms. The zero-order valence-electron chi connectivity index (χ0n) is 17.1. The van der Waals surface area contributed by atoms with Crippen LogP contribution in [0.5, 0.6) is 0 Å². The monoisotopic (exact) mass is 484 g/mol. The first kappa shape index (κ1) is 24.5. The predicted octanol–water partition coefficient (Wildman–Crippen LogP) is 4.22. The zero-order valence-corrected chi connectivity index (χ0v) is 17.9. The van der Waals surface area contributed by atoms with Crippen molar-refractivity contribution in [2.45, 2.75) is 34.9 Å². The molecule has 1 fully saturated rings. The number of halogens is 3. The number of benzene rings is 2. The molecular weight excluding hydrogens is 465 g/mol. The van der Waals surface area contributed by atoms with E-state index in [-0.39, 0.29) is 21.5 Å². The number of rotatable bonds is 8. The molecule has 1 aliphatic rings. The van der Waals surface area contributed by atoms with Gasteiger partial charge in [0.15, 0.2) is 6.61 Å². The molecule has 0 saturated carbocycles. The highest BCUT2D eigenvalue weighted by Gasteiger charge is 2.33. The van der Waals surface area contributed by atoms with E-state index in [1.165, 1.54) is 18.2 Å². The van der Waals surface area contributed by atoms with Crippen molar-refractivity contribution in [3.05, 3.63) is 63.7 Å². The minimum Gasteiger partial charge on any atom is -0.452 e. The number of alkyl halides is 3. The second kappa shape index (κ2) is 10.7. The molecule has 0 aliphatic carbocycles. The molecule has 1 unspecified atom stereocenters. The molecule has 176 valence electrons. The van der Waals surface area contributed by atoms with Crippen LogP contribution in [-0.2, 0) is 20.4 Å². The normalized spacial score (nSPS) is 15.8. The number of nitro benzene ring substituents is 1. The van der Waals surface area contributed by atoms with Crippen LogP contribution in [0.2, 0.25) is 0 Å². The third kappa shape index (κ3) is 6.68. The van der Waals surface area contributed by atoms with E-state index in [0.717, 1.165) is 36.7 Å². The molecule has 1 amide bonds. The third-order valence-electron chi connectivity index (χ3n) is 4.70. The molecule has 12 heteroatoms. The number of nitro groups is 1. The second-order valence-electron chi connectivity index (χ2n) is 7.05. The van der Waals surface area contributed by atoms with Gasteiger partial charge >= 0.3 is 12.1 Å². The van der Waals surface area contributed by atoms with Gasteiger partial charge in [-0.25, -0.2) is 4.79 Å². The highest BCUT2D eigenvalue weighted by molar-refractivity contribution is 7.99. The fourth-order valence-corrected chi connectivity index (χ4v) is 4.08. The van der Waals surface area contributed by atoms with Crippen LogP contribution in [0.4, 0.5) is 18.9 Å². The van der Waals surface area contributed by atoms with E-state index < -0.39 is 40.8 Å². The molecule has 0 radical (unpaired) electrons. The van der Waals surface area contributed by atoms with Crippen LogP contribution in [-0.4, -0.2) is 42.7 Å². The Morgan fingerprint density at radius 1 is 1.21 bits per heavy atom. The highest BCUT2D eigenvalue weighted by atomic mass is 32.2. The quantitative estimate of drug-likeness (QED) is 0.340. The maximum Gasteiger partial charge on any atom is 0.416 e. The molecule has 2 aromatic carbocycles. The fraction of sp³-hybridized carbons (Fsp3) is 0.333. The van der Waals surface area contributed by atoms with Crippen LogP contribution in [0.1, 0.15) is 28.8 Å². The molecule has 2 aromatic rings. The largest absolute Gasteiger partial charge is 0.452 e. The van der Waals surface area contributed by atoms with Crippen molar-refractivity contribution < 1.29 is 37.2 Å². The van der Waals surface area contributed by atoms with Gasteiger partial charge in [-0.15, -0.1) is 0 Å². The van der Waals surface area contributed by atoms with E-state index in [9.17, 15) is 32.9 Å². The third-order valence-corrected chi connectivity index (χ3v) is 5.84. The van der Waals surface area contributed by atoms with E-state index in [2.05, 4.69) is 5.32 Å². The summed E-state index contributed by atoms with van der Waals surface area (Å²) in [6, 6.07) is 8.11. The lowest BCUT2D eigenvalue weighted by Crippen LogP contribution is -2.34. The molecule has 1 heterocycles. The number of hydrogen-bond acceptors (Lipinski definition) is 7. The first-order valence-electron chi connectivity index (χ1n) is 9.83. The Hall–Kier alpha value is -3.12. The summed E-state index contributed by atoms with van der Waals surface area (Å²) in [5.74, 6) is -1.36. The topological polar surface area (TPSA) is 108 Å². The van der Waals surface area contributed by atoms with Gasteiger partial charge in [-0.1, -0.05) is 23.9 Å². The maximum atomic E-state index is 12.9. The average molecular weight is 484 g/mol. The fourth-order valence-electron chi connectivity index (χ4n) is 3.06. The van der Waals surface area contributed by atoms with E-state index in [1.807, 2.05) is 0 Å². The Kier molecular flexibility index (Phi) is 7.92. The highest BCUT2D eigenvalue weighted by Crippen LogP contribution is 2.40. The average Bonchev–Trinajstić information content (AvgIpc) is 3.29. The van der Waals surface area contributed by atoms with Crippen LogP contribution >= 0.6 is 11.8 Å². The Morgan fingerprint density at radius 2 is 1.97 bits per heavy atom. The Balaban J connectivity index is 1.69. The van der Waals surface area contributed by atoms with Crippen molar-refractivity contribution in [3.8, 4) is 0 Å². The number of hydrogen-bond donors (Lipinski definition) is 1. The van der Waals surface area contributed by atoms with E-state index >= 15 is 0 Å². The first-order chi connectivity index (χ1) is 15.6. The summed E-state index contributed by atoms with van der Waals surface area (Å²) in [6.07, 6.45) is -3.05. The van der Waals surface area contributed by atoms with Crippen molar-refractivity contribution in [2.24, 2.45) is 0 Å². The standard InChI is InChI=1S/C21H19F3N2O6S/c22-21(23,24)13-7-8-18(16(10-13)26(29)30)33-17-6-2-1-5-15(17)20(28)32-12-19(27)25-11-14-4-3-9-31-14/h1-2,5-8,10,14H,3-4,9,11-12H2,(H,25,27). The van der Waals surface area contributed by atoms with Crippen LogP contribution in [0.25, 0.3) is 0 Å². The summed E-state index contributed by atoms with van der Waals surface area (Å²) < 4.78 is 49.2. The Labute approximate surface area is 190 Å². The van der Waals surface area contributed by atoms with Gasteiger partial charge in [0.25, 0.3) is 11.6 Å². The molecule has 1 atom stereocenters. The molecule has 0 aromatic heterocycles. The molecule has 1 saturated heterocycles. The van der Waals surface area contributed by atoms with Gasteiger partial charge in [-0.2, -0.15) is 13.2 Å². The van der Waals surface area contributed by atoms with E-state index in [0.29, 0.717) is 19.2 Å². The van der Waals surface area contributed by atoms with Crippen molar-refractivity contribution in [3.63, 3.8) is 0 Å². The van der Waals surface area contributed by atoms with Crippen LogP contribution < -0.4 is 5.32 Å². The smallest absolute Gasteiger partial charge is 0.416 e. The first-order valence-corrected chi connectivity index (χ1v) is 10.6. The Bertz CT molecular complexity index is 1040. The minimum atomic E-state index is -4.74. The summed E-state index contributed by atoms with van der Waals surface area (Å²) in [4.78, 5) is 35.0.